The highest BCUT2D eigenvalue weighted by Crippen LogP contribution is 2.20. The fraction of sp³-hybridized carbons (Fsp3) is 0.333. The number of rotatable bonds is 6. The van der Waals surface area contributed by atoms with Crippen LogP contribution in [0.4, 0.5) is 0 Å². The largest absolute Gasteiger partial charge is 0.496 e. The van der Waals surface area contributed by atoms with E-state index in [-0.39, 0.29) is 0 Å². The third-order valence-electron chi connectivity index (χ3n) is 2.78. The summed E-state index contributed by atoms with van der Waals surface area (Å²) in [7, 11) is 2.73. The Morgan fingerprint density at radius 3 is 2.67 bits per heavy atom. The van der Waals surface area contributed by atoms with Crippen LogP contribution in [-0.2, 0) is 14.3 Å². The van der Waals surface area contributed by atoms with Gasteiger partial charge >= 0.3 is 5.97 Å². The van der Waals surface area contributed by atoms with Gasteiger partial charge in [0, 0.05) is 11.6 Å². The van der Waals surface area contributed by atoms with E-state index < -0.39 is 24.5 Å². The lowest BCUT2D eigenvalue weighted by molar-refractivity contribution is -0.145. The SMILES string of the molecule is COC(=O)C(CO)NC(=O)/C=C/c1cc(C)ccc1OC. The van der Waals surface area contributed by atoms with E-state index in [0.29, 0.717) is 5.75 Å². The van der Waals surface area contributed by atoms with Crippen molar-refractivity contribution >= 4 is 18.0 Å². The molecule has 21 heavy (non-hydrogen) atoms. The normalized spacial score (nSPS) is 12.0. The first-order valence-corrected chi connectivity index (χ1v) is 6.33. The number of nitrogens with one attached hydrogen (secondary N) is 1. The molecule has 0 radical (unpaired) electrons. The van der Waals surface area contributed by atoms with Crippen molar-refractivity contribution in [2.75, 3.05) is 20.8 Å². The second kappa shape index (κ2) is 8.06. The quantitative estimate of drug-likeness (QED) is 0.595. The highest BCUT2D eigenvalue weighted by Gasteiger charge is 2.19. The lowest BCUT2D eigenvalue weighted by Gasteiger charge is -2.12. The fourth-order valence-electron chi connectivity index (χ4n) is 1.69. The zero-order valence-corrected chi connectivity index (χ0v) is 12.3. The topological polar surface area (TPSA) is 84.9 Å². The molecule has 2 N–H and O–H groups in total. The van der Waals surface area contributed by atoms with Crippen LogP contribution in [0.15, 0.2) is 24.3 Å². The molecule has 0 fully saturated rings. The molecule has 0 aliphatic carbocycles. The number of ether oxygens (including phenoxy) is 2. The molecular formula is C15H19NO5. The van der Waals surface area contributed by atoms with Gasteiger partial charge in [0.05, 0.1) is 20.8 Å². The summed E-state index contributed by atoms with van der Waals surface area (Å²) in [6.45, 7) is 1.40. The number of carbonyl (C=O) groups is 2. The van der Waals surface area contributed by atoms with Crippen LogP contribution in [0.1, 0.15) is 11.1 Å². The number of carbonyl (C=O) groups excluding carboxylic acids is 2. The first-order valence-electron chi connectivity index (χ1n) is 6.33. The zero-order valence-electron chi connectivity index (χ0n) is 12.3. The molecule has 0 aliphatic heterocycles. The van der Waals surface area contributed by atoms with E-state index in [1.165, 1.54) is 13.2 Å². The summed E-state index contributed by atoms with van der Waals surface area (Å²) in [5.41, 5.74) is 1.77. The molecule has 6 nitrogen and oxygen atoms in total. The summed E-state index contributed by atoms with van der Waals surface area (Å²) < 4.78 is 9.65. The maximum Gasteiger partial charge on any atom is 0.330 e. The second-order valence-electron chi connectivity index (χ2n) is 4.35. The van der Waals surface area contributed by atoms with Gasteiger partial charge in [0.25, 0.3) is 0 Å². The van der Waals surface area contributed by atoms with Crippen LogP contribution < -0.4 is 10.1 Å². The number of aryl methyl sites for hydroxylation is 1. The Labute approximate surface area is 123 Å². The van der Waals surface area contributed by atoms with Crippen molar-refractivity contribution in [1.29, 1.82) is 0 Å². The van der Waals surface area contributed by atoms with Crippen LogP contribution in [0.3, 0.4) is 0 Å². The van der Waals surface area contributed by atoms with Gasteiger partial charge in [-0.05, 0) is 25.1 Å². The number of esters is 1. The molecule has 0 saturated carbocycles. The van der Waals surface area contributed by atoms with Gasteiger partial charge in [0.15, 0.2) is 6.04 Å². The van der Waals surface area contributed by atoms with Gasteiger partial charge in [-0.2, -0.15) is 0 Å². The van der Waals surface area contributed by atoms with Gasteiger partial charge in [-0.15, -0.1) is 0 Å². The predicted molar refractivity (Wildman–Crippen MR) is 77.8 cm³/mol. The van der Waals surface area contributed by atoms with E-state index in [1.54, 1.807) is 19.3 Å². The summed E-state index contributed by atoms with van der Waals surface area (Å²) in [4.78, 5) is 23.0. The van der Waals surface area contributed by atoms with Crippen molar-refractivity contribution in [3.63, 3.8) is 0 Å². The van der Waals surface area contributed by atoms with Crippen LogP contribution in [-0.4, -0.2) is 43.9 Å². The zero-order chi connectivity index (χ0) is 15.8. The molecule has 1 aromatic carbocycles. The molecule has 0 spiro atoms. The smallest absolute Gasteiger partial charge is 0.330 e. The molecule has 1 rings (SSSR count). The van der Waals surface area contributed by atoms with Gasteiger partial charge in [-0.3, -0.25) is 4.79 Å². The minimum Gasteiger partial charge on any atom is -0.496 e. The first kappa shape index (κ1) is 16.7. The Bertz CT molecular complexity index is 539. The molecule has 0 saturated heterocycles. The van der Waals surface area contributed by atoms with E-state index in [1.807, 2.05) is 19.1 Å². The number of hydrogen-bond donors (Lipinski definition) is 2. The summed E-state index contributed by atoms with van der Waals surface area (Å²) in [5, 5.41) is 11.4. The van der Waals surface area contributed by atoms with Crippen LogP contribution >= 0.6 is 0 Å². The molecule has 1 atom stereocenters. The summed E-state index contributed by atoms with van der Waals surface area (Å²) in [6, 6.07) is 4.49. The van der Waals surface area contributed by atoms with Crippen molar-refractivity contribution < 1.29 is 24.2 Å². The number of benzene rings is 1. The van der Waals surface area contributed by atoms with Gasteiger partial charge in [-0.25, -0.2) is 4.79 Å². The average Bonchev–Trinajstić information content (AvgIpc) is 2.49. The van der Waals surface area contributed by atoms with Crippen molar-refractivity contribution in [3.05, 3.63) is 35.4 Å². The van der Waals surface area contributed by atoms with Gasteiger partial charge in [0.1, 0.15) is 5.75 Å². The highest BCUT2D eigenvalue weighted by molar-refractivity contribution is 5.94. The Balaban J connectivity index is 2.78. The Kier molecular flexibility index (Phi) is 6.42. The minimum absolute atomic E-state index is 0.511. The number of amides is 1. The maximum atomic E-state index is 11.7. The van der Waals surface area contributed by atoms with Crippen molar-refractivity contribution in [3.8, 4) is 5.75 Å². The molecule has 6 heteroatoms. The molecular weight excluding hydrogens is 274 g/mol. The molecule has 1 aromatic rings. The van der Waals surface area contributed by atoms with Crippen molar-refractivity contribution in [2.45, 2.75) is 13.0 Å². The average molecular weight is 293 g/mol. The van der Waals surface area contributed by atoms with Crippen LogP contribution in [0.5, 0.6) is 5.75 Å². The van der Waals surface area contributed by atoms with Crippen LogP contribution in [0.25, 0.3) is 6.08 Å². The van der Waals surface area contributed by atoms with Crippen molar-refractivity contribution in [1.82, 2.24) is 5.32 Å². The van der Waals surface area contributed by atoms with E-state index in [4.69, 9.17) is 9.84 Å². The highest BCUT2D eigenvalue weighted by atomic mass is 16.5. The molecule has 1 unspecified atom stereocenters. The van der Waals surface area contributed by atoms with Crippen LogP contribution in [0, 0.1) is 6.92 Å². The molecule has 0 aromatic heterocycles. The third-order valence-corrected chi connectivity index (χ3v) is 2.78. The standard InChI is InChI=1S/C15H19NO5/c1-10-4-6-13(20-2)11(8-10)5-7-14(18)16-12(9-17)15(19)21-3/h4-8,12,17H,9H2,1-3H3,(H,16,18)/b7-5+. The Morgan fingerprint density at radius 2 is 2.10 bits per heavy atom. The maximum absolute atomic E-state index is 11.7. The monoisotopic (exact) mass is 293 g/mol. The molecule has 0 aliphatic rings. The summed E-state index contributed by atoms with van der Waals surface area (Å²) >= 11 is 0. The van der Waals surface area contributed by atoms with Gasteiger partial charge < -0.3 is 19.9 Å². The number of methoxy groups -OCH3 is 2. The van der Waals surface area contributed by atoms with E-state index in [2.05, 4.69) is 10.1 Å². The van der Waals surface area contributed by atoms with E-state index in [0.717, 1.165) is 11.1 Å². The first-order chi connectivity index (χ1) is 10.0. The van der Waals surface area contributed by atoms with Gasteiger partial charge in [-0.1, -0.05) is 11.6 Å². The van der Waals surface area contributed by atoms with Gasteiger partial charge in [0.2, 0.25) is 5.91 Å². The molecule has 0 bridgehead atoms. The minimum atomic E-state index is -1.08. The molecule has 0 heterocycles. The van der Waals surface area contributed by atoms with E-state index in [9.17, 15) is 9.59 Å². The fourth-order valence-corrected chi connectivity index (χ4v) is 1.69. The van der Waals surface area contributed by atoms with E-state index >= 15 is 0 Å². The molecule has 114 valence electrons. The number of aliphatic hydroxyl groups is 1. The number of hydrogen-bond acceptors (Lipinski definition) is 5. The van der Waals surface area contributed by atoms with Crippen molar-refractivity contribution in [2.24, 2.45) is 0 Å². The lowest BCUT2D eigenvalue weighted by atomic mass is 10.1. The summed E-state index contributed by atoms with van der Waals surface area (Å²) in [5.74, 6) is -0.577. The predicted octanol–water partition coefficient (Wildman–Crippen LogP) is 0.667. The Hall–Kier alpha value is -2.34. The lowest BCUT2D eigenvalue weighted by Crippen LogP contribution is -2.43. The Morgan fingerprint density at radius 1 is 1.38 bits per heavy atom. The number of aliphatic hydroxyl groups excluding tert-OH is 1. The second-order valence-corrected chi connectivity index (χ2v) is 4.35. The summed E-state index contributed by atoms with van der Waals surface area (Å²) in [6.07, 6.45) is 2.84. The van der Waals surface area contributed by atoms with Crippen LogP contribution in [0.2, 0.25) is 0 Å². The molecule has 1 amide bonds. The third kappa shape index (κ3) is 4.92.